The summed E-state index contributed by atoms with van der Waals surface area (Å²) in [6, 6.07) is -0.380. The predicted molar refractivity (Wildman–Crippen MR) is 86.9 cm³/mol. The lowest BCUT2D eigenvalue weighted by Gasteiger charge is -2.38. The molecule has 1 N–H and O–H groups in total. The van der Waals surface area contributed by atoms with Gasteiger partial charge in [-0.25, -0.2) is 0 Å². The first-order valence-corrected chi connectivity index (χ1v) is 8.84. The van der Waals surface area contributed by atoms with Gasteiger partial charge in [0.25, 0.3) is 0 Å². The van der Waals surface area contributed by atoms with E-state index in [1.807, 2.05) is 0 Å². The SMILES string of the molecule is CCC[N+](CCC)(CCC)CCC.O=C([O-])[C@@H]1CCCN1. The molecule has 0 spiro atoms. The Morgan fingerprint density at radius 2 is 1.43 bits per heavy atom. The number of carboxylic acid groups (broad SMARTS) is 1. The molecule has 1 aliphatic heterocycles. The normalized spacial score (nSPS) is 18.2. The summed E-state index contributed by atoms with van der Waals surface area (Å²) in [5, 5.41) is 12.8. The molecule has 1 heterocycles. The molecule has 1 fully saturated rings. The van der Waals surface area contributed by atoms with Crippen molar-refractivity contribution in [2.24, 2.45) is 0 Å². The Bertz CT molecular complexity index is 234. The number of rotatable bonds is 9. The van der Waals surface area contributed by atoms with Crippen LogP contribution in [0.3, 0.4) is 0 Å². The van der Waals surface area contributed by atoms with Crippen LogP contribution in [-0.4, -0.2) is 49.2 Å². The lowest BCUT2D eigenvalue weighted by Crippen LogP contribution is -2.50. The maximum Gasteiger partial charge on any atom is 0.0783 e. The van der Waals surface area contributed by atoms with Gasteiger partial charge in [0, 0.05) is 6.04 Å². The van der Waals surface area contributed by atoms with Crippen molar-refractivity contribution in [1.82, 2.24) is 5.32 Å². The fourth-order valence-electron chi connectivity index (χ4n) is 3.45. The van der Waals surface area contributed by atoms with Gasteiger partial charge in [0.1, 0.15) is 0 Å². The first-order chi connectivity index (χ1) is 10.0. The average Bonchev–Trinajstić information content (AvgIpc) is 2.95. The molecule has 0 bridgehead atoms. The minimum absolute atomic E-state index is 0.380. The predicted octanol–water partition coefficient (Wildman–Crippen LogP) is 1.93. The zero-order valence-electron chi connectivity index (χ0n) is 14.6. The molecular formula is C17H36N2O2. The number of carbonyl (C=O) groups is 1. The molecule has 0 radical (unpaired) electrons. The molecule has 21 heavy (non-hydrogen) atoms. The third kappa shape index (κ3) is 8.42. The second-order valence-corrected chi connectivity index (χ2v) is 6.20. The zero-order chi connectivity index (χ0) is 16.1. The highest BCUT2D eigenvalue weighted by molar-refractivity contribution is 5.71. The van der Waals surface area contributed by atoms with Gasteiger partial charge >= 0.3 is 0 Å². The van der Waals surface area contributed by atoms with Crippen LogP contribution in [0.15, 0.2) is 0 Å². The Kier molecular flexibility index (Phi) is 11.6. The summed E-state index contributed by atoms with van der Waals surface area (Å²) in [6.07, 6.45) is 7.01. The van der Waals surface area contributed by atoms with Crippen LogP contribution in [-0.2, 0) is 4.79 Å². The molecule has 0 aromatic rings. The number of aliphatic carboxylic acids is 1. The fourth-order valence-corrected chi connectivity index (χ4v) is 3.45. The first kappa shape index (κ1) is 20.4. The number of nitrogens with one attached hydrogen (secondary N) is 1. The molecule has 1 rings (SSSR count). The molecule has 0 aromatic carbocycles. The molecular weight excluding hydrogens is 264 g/mol. The first-order valence-electron chi connectivity index (χ1n) is 8.84. The Morgan fingerprint density at radius 3 is 1.62 bits per heavy atom. The monoisotopic (exact) mass is 300 g/mol. The van der Waals surface area contributed by atoms with Gasteiger partial charge in [-0.15, -0.1) is 0 Å². The summed E-state index contributed by atoms with van der Waals surface area (Å²) >= 11 is 0. The highest BCUT2D eigenvalue weighted by Gasteiger charge is 2.22. The number of hydrogen-bond acceptors (Lipinski definition) is 3. The molecule has 0 aromatic heterocycles. The standard InChI is InChI=1S/C12H28N.C5H9NO2/c1-5-9-13(10-6-2,11-7-3)12-8-4;7-5(8)4-2-1-3-6-4/h5-12H2,1-4H3;4,6H,1-3H2,(H,7,8)/q+1;/p-1/t;4-/m.0/s1. The van der Waals surface area contributed by atoms with Crippen LogP contribution < -0.4 is 10.4 Å². The molecule has 0 unspecified atom stereocenters. The summed E-state index contributed by atoms with van der Waals surface area (Å²) in [5.41, 5.74) is 0. The Hall–Kier alpha value is -0.610. The fraction of sp³-hybridized carbons (Fsp3) is 0.941. The number of carbonyl (C=O) groups excluding carboxylic acids is 1. The molecule has 0 saturated carbocycles. The summed E-state index contributed by atoms with van der Waals surface area (Å²) in [5.74, 6) is -0.970. The van der Waals surface area contributed by atoms with Crippen molar-refractivity contribution in [1.29, 1.82) is 0 Å². The zero-order valence-corrected chi connectivity index (χ0v) is 14.6. The van der Waals surface area contributed by atoms with Gasteiger partial charge < -0.3 is 19.7 Å². The van der Waals surface area contributed by atoms with E-state index in [1.165, 1.54) is 56.3 Å². The van der Waals surface area contributed by atoms with Crippen LogP contribution in [0.25, 0.3) is 0 Å². The second kappa shape index (κ2) is 12.0. The van der Waals surface area contributed by atoms with Crippen molar-refractivity contribution in [3.05, 3.63) is 0 Å². The van der Waals surface area contributed by atoms with Gasteiger partial charge in [0.15, 0.2) is 0 Å². The molecule has 1 aliphatic rings. The van der Waals surface area contributed by atoms with Crippen molar-refractivity contribution in [2.45, 2.75) is 72.3 Å². The van der Waals surface area contributed by atoms with Crippen LogP contribution in [0.1, 0.15) is 66.2 Å². The van der Waals surface area contributed by atoms with E-state index >= 15 is 0 Å². The van der Waals surface area contributed by atoms with E-state index in [-0.39, 0.29) is 6.04 Å². The van der Waals surface area contributed by atoms with E-state index in [2.05, 4.69) is 33.0 Å². The maximum atomic E-state index is 10.0. The van der Waals surface area contributed by atoms with Crippen molar-refractivity contribution in [3.8, 4) is 0 Å². The molecule has 0 aliphatic carbocycles. The summed E-state index contributed by atoms with van der Waals surface area (Å²) in [6.45, 7) is 15.6. The third-order valence-corrected chi connectivity index (χ3v) is 4.14. The van der Waals surface area contributed by atoms with E-state index < -0.39 is 5.97 Å². The van der Waals surface area contributed by atoms with Gasteiger partial charge in [-0.05, 0) is 45.1 Å². The third-order valence-electron chi connectivity index (χ3n) is 4.14. The molecule has 1 saturated heterocycles. The lowest BCUT2D eigenvalue weighted by atomic mass is 10.2. The van der Waals surface area contributed by atoms with E-state index in [1.54, 1.807) is 0 Å². The Balaban J connectivity index is 0.000000423. The Labute approximate surface area is 131 Å². The number of hydrogen-bond donors (Lipinski definition) is 1. The van der Waals surface area contributed by atoms with Crippen LogP contribution in [0, 0.1) is 0 Å². The van der Waals surface area contributed by atoms with Gasteiger partial charge in [0.05, 0.1) is 32.1 Å². The van der Waals surface area contributed by atoms with Gasteiger partial charge in [-0.3, -0.25) is 0 Å². The molecule has 4 heteroatoms. The number of carboxylic acids is 1. The topological polar surface area (TPSA) is 52.2 Å². The molecule has 0 amide bonds. The van der Waals surface area contributed by atoms with Gasteiger partial charge in [-0.2, -0.15) is 0 Å². The van der Waals surface area contributed by atoms with E-state index in [0.29, 0.717) is 0 Å². The minimum Gasteiger partial charge on any atom is -0.548 e. The van der Waals surface area contributed by atoms with E-state index in [4.69, 9.17) is 0 Å². The number of quaternary nitrogens is 1. The molecule has 4 nitrogen and oxygen atoms in total. The average molecular weight is 300 g/mol. The molecule has 126 valence electrons. The smallest absolute Gasteiger partial charge is 0.0783 e. The van der Waals surface area contributed by atoms with Gasteiger partial charge in [0.2, 0.25) is 0 Å². The summed E-state index contributed by atoms with van der Waals surface area (Å²) in [4.78, 5) is 10.0. The van der Waals surface area contributed by atoms with E-state index in [0.717, 1.165) is 19.4 Å². The quantitative estimate of drug-likeness (QED) is 0.662. The summed E-state index contributed by atoms with van der Waals surface area (Å²) < 4.78 is 1.38. The van der Waals surface area contributed by atoms with Crippen molar-refractivity contribution in [2.75, 3.05) is 32.7 Å². The van der Waals surface area contributed by atoms with Crippen LogP contribution in [0.4, 0.5) is 0 Å². The van der Waals surface area contributed by atoms with Crippen LogP contribution in [0.5, 0.6) is 0 Å². The maximum absolute atomic E-state index is 10.0. The minimum atomic E-state index is -0.970. The van der Waals surface area contributed by atoms with Crippen LogP contribution in [0.2, 0.25) is 0 Å². The van der Waals surface area contributed by atoms with Crippen LogP contribution >= 0.6 is 0 Å². The second-order valence-electron chi connectivity index (χ2n) is 6.20. The van der Waals surface area contributed by atoms with Gasteiger partial charge in [-0.1, -0.05) is 27.7 Å². The number of nitrogens with zero attached hydrogens (tertiary/aromatic N) is 1. The van der Waals surface area contributed by atoms with Crippen molar-refractivity contribution in [3.63, 3.8) is 0 Å². The molecule has 1 atom stereocenters. The Morgan fingerprint density at radius 1 is 1.00 bits per heavy atom. The lowest BCUT2D eigenvalue weighted by molar-refractivity contribution is -0.928. The van der Waals surface area contributed by atoms with Crippen molar-refractivity contribution < 1.29 is 14.4 Å². The largest absolute Gasteiger partial charge is 0.548 e. The highest BCUT2D eigenvalue weighted by Crippen LogP contribution is 2.12. The highest BCUT2D eigenvalue weighted by atomic mass is 16.4. The van der Waals surface area contributed by atoms with Crippen molar-refractivity contribution >= 4 is 5.97 Å². The summed E-state index contributed by atoms with van der Waals surface area (Å²) in [7, 11) is 0. The van der Waals surface area contributed by atoms with E-state index in [9.17, 15) is 9.90 Å².